The van der Waals surface area contributed by atoms with Crippen molar-refractivity contribution in [3.05, 3.63) is 88.3 Å². The van der Waals surface area contributed by atoms with Crippen LogP contribution in [0.25, 0.3) is 16.7 Å². The molecule has 0 radical (unpaired) electrons. The van der Waals surface area contributed by atoms with E-state index in [1.165, 1.54) is 25.0 Å². The number of hydrogen-bond acceptors (Lipinski definition) is 6. The fourth-order valence-electron chi connectivity index (χ4n) is 3.55. The van der Waals surface area contributed by atoms with Gasteiger partial charge in [0, 0.05) is 18.2 Å². The second-order valence-electron chi connectivity index (χ2n) is 6.85. The predicted octanol–water partition coefficient (Wildman–Crippen LogP) is 3.53. The highest BCUT2D eigenvalue weighted by Crippen LogP contribution is 2.30. The fraction of sp³-hybridized carbons (Fsp3) is 0.125. The Balaban J connectivity index is 1.91. The molecular weight excluding hydrogens is 396 g/mol. The Labute approximate surface area is 178 Å². The molecule has 0 amide bonds. The fourth-order valence-corrected chi connectivity index (χ4v) is 3.55. The van der Waals surface area contributed by atoms with Crippen LogP contribution in [-0.4, -0.2) is 34.7 Å². The number of ether oxygens (including phenoxy) is 2. The molecule has 0 atom stereocenters. The molecule has 0 unspecified atom stereocenters. The van der Waals surface area contributed by atoms with Crippen molar-refractivity contribution in [2.45, 2.75) is 6.42 Å². The number of aromatic hydroxyl groups is 1. The van der Waals surface area contributed by atoms with Gasteiger partial charge in [0.15, 0.2) is 11.4 Å². The molecule has 0 aliphatic rings. The minimum atomic E-state index is -0.637. The molecule has 2 aromatic heterocycles. The third-order valence-corrected chi connectivity index (χ3v) is 5.04. The number of pyridine rings is 2. The first-order valence-electron chi connectivity index (χ1n) is 9.57. The lowest BCUT2D eigenvalue weighted by molar-refractivity contribution is 0.0988. The molecule has 4 aromatic rings. The summed E-state index contributed by atoms with van der Waals surface area (Å²) in [6, 6.07) is 17.2. The first-order valence-corrected chi connectivity index (χ1v) is 9.57. The monoisotopic (exact) mass is 416 g/mol. The van der Waals surface area contributed by atoms with Gasteiger partial charge >= 0.3 is 0 Å². The molecule has 2 aromatic carbocycles. The summed E-state index contributed by atoms with van der Waals surface area (Å²) >= 11 is 0. The Kier molecular flexibility index (Phi) is 5.41. The molecule has 2 heterocycles. The zero-order chi connectivity index (χ0) is 22.0. The van der Waals surface area contributed by atoms with Gasteiger partial charge in [0.05, 0.1) is 25.3 Å². The third kappa shape index (κ3) is 3.61. The van der Waals surface area contributed by atoms with Gasteiger partial charge in [-0.1, -0.05) is 18.2 Å². The zero-order valence-corrected chi connectivity index (χ0v) is 17.0. The number of nitrogens with zero attached hydrogens (tertiary/aromatic N) is 2. The molecule has 31 heavy (non-hydrogen) atoms. The van der Waals surface area contributed by atoms with Crippen LogP contribution < -0.4 is 15.0 Å². The summed E-state index contributed by atoms with van der Waals surface area (Å²) in [5, 5.41) is 11.2. The minimum absolute atomic E-state index is 0.149. The van der Waals surface area contributed by atoms with Crippen molar-refractivity contribution in [1.29, 1.82) is 0 Å². The van der Waals surface area contributed by atoms with Gasteiger partial charge in [-0.3, -0.25) is 14.2 Å². The van der Waals surface area contributed by atoms with Crippen LogP contribution in [0.2, 0.25) is 0 Å². The Morgan fingerprint density at radius 1 is 1.03 bits per heavy atom. The molecule has 1 N–H and O–H groups in total. The van der Waals surface area contributed by atoms with Gasteiger partial charge in [-0.05, 0) is 42.5 Å². The number of benzene rings is 2. The van der Waals surface area contributed by atoms with E-state index >= 15 is 0 Å². The number of fused-ring (bicyclic) bond motifs is 1. The molecule has 0 bridgehead atoms. The summed E-state index contributed by atoms with van der Waals surface area (Å²) in [5.41, 5.74) is 0.426. The number of aromatic nitrogens is 2. The van der Waals surface area contributed by atoms with E-state index in [4.69, 9.17) is 9.47 Å². The van der Waals surface area contributed by atoms with Gasteiger partial charge in [-0.15, -0.1) is 0 Å². The average molecular weight is 416 g/mol. The minimum Gasteiger partial charge on any atom is -0.506 e. The Hall–Kier alpha value is -4.13. The van der Waals surface area contributed by atoms with E-state index in [0.29, 0.717) is 28.1 Å². The van der Waals surface area contributed by atoms with Crippen molar-refractivity contribution in [2.24, 2.45) is 0 Å². The number of Topliss-reactive ketones (excluding diaryl/α,β-unsaturated/α-hetero) is 1. The Morgan fingerprint density at radius 2 is 1.81 bits per heavy atom. The van der Waals surface area contributed by atoms with Gasteiger partial charge in [0.25, 0.3) is 5.56 Å². The summed E-state index contributed by atoms with van der Waals surface area (Å²) in [5.74, 6) is 0.119. The van der Waals surface area contributed by atoms with Crippen molar-refractivity contribution in [1.82, 2.24) is 9.55 Å². The van der Waals surface area contributed by atoms with Crippen LogP contribution in [0.15, 0.2) is 71.7 Å². The third-order valence-electron chi connectivity index (χ3n) is 5.04. The van der Waals surface area contributed by atoms with E-state index in [9.17, 15) is 14.7 Å². The molecule has 156 valence electrons. The van der Waals surface area contributed by atoms with Crippen molar-refractivity contribution in [3.8, 4) is 22.9 Å². The lowest BCUT2D eigenvalue weighted by atomic mass is 10.0. The number of ketones is 1. The lowest BCUT2D eigenvalue weighted by Gasteiger charge is -2.14. The van der Waals surface area contributed by atoms with Gasteiger partial charge < -0.3 is 14.6 Å². The van der Waals surface area contributed by atoms with E-state index in [2.05, 4.69) is 4.98 Å². The van der Waals surface area contributed by atoms with Crippen molar-refractivity contribution in [3.63, 3.8) is 0 Å². The summed E-state index contributed by atoms with van der Waals surface area (Å²) in [6.45, 7) is 0. The van der Waals surface area contributed by atoms with E-state index in [1.54, 1.807) is 54.6 Å². The van der Waals surface area contributed by atoms with Gasteiger partial charge in [-0.2, -0.15) is 0 Å². The normalized spacial score (nSPS) is 10.8. The summed E-state index contributed by atoms with van der Waals surface area (Å²) in [7, 11) is 3.02. The smallest absolute Gasteiger partial charge is 0.271 e. The van der Waals surface area contributed by atoms with E-state index in [-0.39, 0.29) is 23.4 Å². The summed E-state index contributed by atoms with van der Waals surface area (Å²) in [6.07, 6.45) is 1.38. The number of carbonyl (C=O) groups is 1. The van der Waals surface area contributed by atoms with Crippen LogP contribution in [0.3, 0.4) is 0 Å². The molecule has 0 fully saturated rings. The first-order chi connectivity index (χ1) is 15.0. The highest BCUT2D eigenvalue weighted by Gasteiger charge is 2.24. The van der Waals surface area contributed by atoms with Crippen molar-refractivity contribution in [2.75, 3.05) is 14.2 Å². The summed E-state index contributed by atoms with van der Waals surface area (Å²) in [4.78, 5) is 30.9. The molecular formula is C24H20N2O5. The number of hydrogen-bond donors (Lipinski definition) is 1. The van der Waals surface area contributed by atoms with Crippen LogP contribution in [0, 0.1) is 0 Å². The number of para-hydroxylation sites is 1. The molecule has 0 saturated heterocycles. The Bertz CT molecular complexity index is 1330. The molecule has 0 saturated carbocycles. The van der Waals surface area contributed by atoms with Gasteiger partial charge in [-0.25, -0.2) is 4.98 Å². The number of rotatable bonds is 6. The molecule has 0 aliphatic carbocycles. The maximum atomic E-state index is 13.4. The molecule has 4 rings (SSSR count). The first kappa shape index (κ1) is 20.2. The van der Waals surface area contributed by atoms with Crippen LogP contribution in [-0.2, 0) is 6.42 Å². The highest BCUT2D eigenvalue weighted by atomic mass is 16.5. The topological polar surface area (TPSA) is 90.7 Å². The standard InChI is InChI=1S/C24H20N2O5/c1-30-17-10-11-20(31-2)15(13-17)14-19(27)21-22(28)18-9-6-12-25-23(18)26(24(21)29)16-7-4-3-5-8-16/h3-13,28H,14H2,1-2H3. The maximum absolute atomic E-state index is 13.4. The van der Waals surface area contributed by atoms with Crippen LogP contribution >= 0.6 is 0 Å². The molecule has 7 heteroatoms. The van der Waals surface area contributed by atoms with Gasteiger partial charge in [0.1, 0.15) is 22.8 Å². The van der Waals surface area contributed by atoms with E-state index in [1.807, 2.05) is 6.07 Å². The number of carbonyl (C=O) groups excluding carboxylic acids is 1. The summed E-state index contributed by atoms with van der Waals surface area (Å²) < 4.78 is 11.9. The molecule has 7 nitrogen and oxygen atoms in total. The second kappa shape index (κ2) is 8.31. The maximum Gasteiger partial charge on any atom is 0.271 e. The molecule has 0 spiro atoms. The SMILES string of the molecule is COc1ccc(OC)c(CC(=O)c2c(O)c3cccnc3n(-c3ccccc3)c2=O)c1. The molecule has 0 aliphatic heterocycles. The van der Waals surface area contributed by atoms with Crippen LogP contribution in [0.1, 0.15) is 15.9 Å². The van der Waals surface area contributed by atoms with Gasteiger partial charge in [0.2, 0.25) is 0 Å². The second-order valence-corrected chi connectivity index (χ2v) is 6.85. The predicted molar refractivity (Wildman–Crippen MR) is 117 cm³/mol. The van der Waals surface area contributed by atoms with Crippen LogP contribution in [0.4, 0.5) is 0 Å². The van der Waals surface area contributed by atoms with E-state index in [0.717, 1.165) is 0 Å². The lowest BCUT2D eigenvalue weighted by Crippen LogP contribution is -2.27. The highest BCUT2D eigenvalue weighted by molar-refractivity contribution is 6.04. The zero-order valence-electron chi connectivity index (χ0n) is 17.0. The average Bonchev–Trinajstić information content (AvgIpc) is 2.80. The van der Waals surface area contributed by atoms with E-state index < -0.39 is 11.3 Å². The van der Waals surface area contributed by atoms with Crippen LogP contribution in [0.5, 0.6) is 17.2 Å². The van der Waals surface area contributed by atoms with Crippen molar-refractivity contribution >= 4 is 16.8 Å². The van der Waals surface area contributed by atoms with Crippen molar-refractivity contribution < 1.29 is 19.4 Å². The largest absolute Gasteiger partial charge is 0.506 e. The number of methoxy groups -OCH3 is 2. The Morgan fingerprint density at radius 3 is 2.52 bits per heavy atom. The quantitative estimate of drug-likeness (QED) is 0.484.